The van der Waals surface area contributed by atoms with E-state index in [1.54, 1.807) is 6.07 Å². The molecule has 0 rings (SSSR count). The molecule has 54 valence electrons. The fraction of sp³-hybridized carbons (Fsp3) is 0.400. The highest BCUT2D eigenvalue weighted by atomic mass is 16.2. The van der Waals surface area contributed by atoms with Gasteiger partial charge in [-0.1, -0.05) is 0 Å². The summed E-state index contributed by atoms with van der Waals surface area (Å²) in [6, 6.07) is 1.67. The van der Waals surface area contributed by atoms with E-state index in [1.165, 1.54) is 7.05 Å². The number of amides is 2. The van der Waals surface area contributed by atoms with E-state index in [1.807, 2.05) is 0 Å². The van der Waals surface area contributed by atoms with Gasteiger partial charge in [0.05, 0.1) is 6.07 Å². The molecule has 2 N–H and O–H groups in total. The first-order valence-corrected chi connectivity index (χ1v) is 2.59. The van der Waals surface area contributed by atoms with Gasteiger partial charge in [0, 0.05) is 7.05 Å². The van der Waals surface area contributed by atoms with Crippen molar-refractivity contribution in [3.63, 3.8) is 0 Å². The zero-order chi connectivity index (χ0) is 7.98. The second-order valence-corrected chi connectivity index (χ2v) is 1.42. The zero-order valence-corrected chi connectivity index (χ0v) is 5.47. The summed E-state index contributed by atoms with van der Waals surface area (Å²) in [5, 5.41) is 12.2. The monoisotopic (exact) mass is 141 g/mol. The number of hydrogen-bond acceptors (Lipinski definition) is 3. The first-order valence-electron chi connectivity index (χ1n) is 2.59. The molecule has 0 bridgehead atoms. The quantitative estimate of drug-likeness (QED) is 0.340. The Kier molecular flexibility index (Phi) is 3.64. The van der Waals surface area contributed by atoms with E-state index in [-0.39, 0.29) is 6.54 Å². The number of nitrogens with zero attached hydrogens (tertiary/aromatic N) is 1. The number of likely N-dealkylation sites (N-methyl/N-ethyl adjacent to an activating group) is 1. The Morgan fingerprint density at radius 2 is 2.10 bits per heavy atom. The highest BCUT2D eigenvalue weighted by Crippen LogP contribution is 1.63. The minimum Gasteiger partial charge on any atom is -0.351 e. The largest absolute Gasteiger partial charge is 0.351 e. The van der Waals surface area contributed by atoms with Crippen molar-refractivity contribution in [3.8, 4) is 6.07 Å². The summed E-state index contributed by atoms with van der Waals surface area (Å²) in [6.45, 7) is -0.147. The van der Waals surface area contributed by atoms with E-state index in [4.69, 9.17) is 5.26 Å². The number of nitriles is 1. The Balaban J connectivity index is 3.65. The summed E-state index contributed by atoms with van der Waals surface area (Å²) >= 11 is 0. The highest BCUT2D eigenvalue weighted by molar-refractivity contribution is 6.35. The van der Waals surface area contributed by atoms with E-state index < -0.39 is 11.8 Å². The summed E-state index contributed by atoms with van der Waals surface area (Å²) < 4.78 is 0. The van der Waals surface area contributed by atoms with E-state index in [2.05, 4.69) is 10.6 Å². The van der Waals surface area contributed by atoms with E-state index in [0.717, 1.165) is 0 Å². The summed E-state index contributed by atoms with van der Waals surface area (Å²) in [5.41, 5.74) is 0. The average molecular weight is 141 g/mol. The summed E-state index contributed by atoms with van der Waals surface area (Å²) in [4.78, 5) is 20.8. The van der Waals surface area contributed by atoms with Crippen molar-refractivity contribution in [2.45, 2.75) is 0 Å². The van der Waals surface area contributed by atoms with Gasteiger partial charge in [0.2, 0.25) is 0 Å². The number of hydrogen-bond donors (Lipinski definition) is 2. The molecular weight excluding hydrogens is 134 g/mol. The highest BCUT2D eigenvalue weighted by Gasteiger charge is 2.08. The molecule has 0 radical (unpaired) electrons. The minimum atomic E-state index is -0.788. The summed E-state index contributed by atoms with van der Waals surface area (Å²) in [7, 11) is 1.34. The van der Waals surface area contributed by atoms with Crippen LogP contribution in [0.15, 0.2) is 0 Å². The van der Waals surface area contributed by atoms with Crippen LogP contribution < -0.4 is 10.6 Å². The van der Waals surface area contributed by atoms with Crippen LogP contribution in [0.1, 0.15) is 0 Å². The molecule has 0 saturated carbocycles. The van der Waals surface area contributed by atoms with Crippen LogP contribution >= 0.6 is 0 Å². The first kappa shape index (κ1) is 8.43. The van der Waals surface area contributed by atoms with E-state index >= 15 is 0 Å². The lowest BCUT2D eigenvalue weighted by molar-refractivity contribution is -0.138. The molecule has 0 aliphatic rings. The van der Waals surface area contributed by atoms with Gasteiger partial charge >= 0.3 is 11.8 Å². The van der Waals surface area contributed by atoms with Crippen molar-refractivity contribution in [1.82, 2.24) is 10.6 Å². The normalized spacial score (nSPS) is 7.60. The van der Waals surface area contributed by atoms with Crippen molar-refractivity contribution >= 4 is 11.8 Å². The zero-order valence-electron chi connectivity index (χ0n) is 5.47. The van der Waals surface area contributed by atoms with E-state index in [0.29, 0.717) is 0 Å². The topological polar surface area (TPSA) is 82.0 Å². The lowest BCUT2D eigenvalue weighted by Gasteiger charge is -1.96. The minimum absolute atomic E-state index is 0.147. The van der Waals surface area contributed by atoms with Crippen molar-refractivity contribution < 1.29 is 9.59 Å². The molecule has 0 fully saturated rings. The molecule has 0 saturated heterocycles. The van der Waals surface area contributed by atoms with Crippen molar-refractivity contribution in [2.75, 3.05) is 13.6 Å². The van der Waals surface area contributed by atoms with Crippen molar-refractivity contribution in [2.24, 2.45) is 0 Å². The molecule has 0 aliphatic carbocycles. The van der Waals surface area contributed by atoms with Crippen LogP contribution in [0.2, 0.25) is 0 Å². The smallest absolute Gasteiger partial charge is 0.310 e. The number of rotatable bonds is 1. The Hall–Kier alpha value is -1.57. The predicted molar refractivity (Wildman–Crippen MR) is 32.7 cm³/mol. The maximum Gasteiger partial charge on any atom is 0.310 e. The second-order valence-electron chi connectivity index (χ2n) is 1.42. The third kappa shape index (κ3) is 2.67. The van der Waals surface area contributed by atoms with Gasteiger partial charge in [-0.05, 0) is 0 Å². The maximum absolute atomic E-state index is 10.5. The van der Waals surface area contributed by atoms with Crippen molar-refractivity contribution in [1.29, 1.82) is 5.26 Å². The summed E-state index contributed by atoms with van der Waals surface area (Å²) in [5.74, 6) is -1.53. The molecule has 0 aliphatic heterocycles. The van der Waals surface area contributed by atoms with Crippen LogP contribution in [-0.4, -0.2) is 25.4 Å². The lowest BCUT2D eigenvalue weighted by atomic mass is 10.5. The maximum atomic E-state index is 10.5. The van der Waals surface area contributed by atoms with Gasteiger partial charge in [-0.15, -0.1) is 0 Å². The van der Waals surface area contributed by atoms with Crippen molar-refractivity contribution in [3.05, 3.63) is 0 Å². The lowest BCUT2D eigenvalue weighted by Crippen LogP contribution is -2.38. The van der Waals surface area contributed by atoms with Gasteiger partial charge in [0.25, 0.3) is 0 Å². The fourth-order valence-corrected chi connectivity index (χ4v) is 0.314. The number of carbonyl (C=O) groups is 2. The van der Waals surface area contributed by atoms with Gasteiger partial charge in [-0.2, -0.15) is 5.26 Å². The molecule has 5 heteroatoms. The van der Waals surface area contributed by atoms with Gasteiger partial charge in [0.1, 0.15) is 6.54 Å². The SMILES string of the molecule is CNC(=O)C(=O)NCC#N. The third-order valence-corrected chi connectivity index (χ3v) is 0.761. The molecule has 2 amide bonds. The predicted octanol–water partition coefficient (Wildman–Crippen LogP) is -1.63. The molecular formula is C5H7N3O2. The Morgan fingerprint density at radius 3 is 2.50 bits per heavy atom. The molecule has 0 heterocycles. The van der Waals surface area contributed by atoms with Gasteiger partial charge in [-0.25, -0.2) is 0 Å². The fourth-order valence-electron chi connectivity index (χ4n) is 0.314. The molecule has 0 atom stereocenters. The van der Waals surface area contributed by atoms with Crippen LogP contribution in [0.4, 0.5) is 0 Å². The van der Waals surface area contributed by atoms with Crippen LogP contribution in [-0.2, 0) is 9.59 Å². The van der Waals surface area contributed by atoms with Crippen LogP contribution in [0, 0.1) is 11.3 Å². The number of carbonyl (C=O) groups excluding carboxylic acids is 2. The molecule has 0 spiro atoms. The standard InChI is InChI=1S/C5H7N3O2/c1-7-4(9)5(10)8-3-2-6/h3H2,1H3,(H,7,9)(H,8,10). The Bertz CT molecular complexity index is 182. The first-order chi connectivity index (χ1) is 4.72. The van der Waals surface area contributed by atoms with Crippen LogP contribution in [0.25, 0.3) is 0 Å². The summed E-state index contributed by atoms with van der Waals surface area (Å²) in [6.07, 6.45) is 0. The second kappa shape index (κ2) is 4.32. The van der Waals surface area contributed by atoms with Crippen LogP contribution in [0.3, 0.4) is 0 Å². The van der Waals surface area contributed by atoms with Gasteiger partial charge in [-0.3, -0.25) is 9.59 Å². The molecule has 0 aromatic rings. The molecule has 10 heavy (non-hydrogen) atoms. The molecule has 0 aromatic heterocycles. The molecule has 5 nitrogen and oxygen atoms in total. The Labute approximate surface area is 58.0 Å². The molecule has 0 aromatic carbocycles. The van der Waals surface area contributed by atoms with E-state index in [9.17, 15) is 9.59 Å². The Morgan fingerprint density at radius 1 is 1.50 bits per heavy atom. The van der Waals surface area contributed by atoms with Gasteiger partial charge < -0.3 is 10.6 Å². The third-order valence-electron chi connectivity index (χ3n) is 0.761. The van der Waals surface area contributed by atoms with Crippen LogP contribution in [0.5, 0.6) is 0 Å². The average Bonchev–Trinajstić information content (AvgIpc) is 1.98. The molecule has 0 unspecified atom stereocenters. The number of nitrogens with one attached hydrogen (secondary N) is 2. The van der Waals surface area contributed by atoms with Gasteiger partial charge in [0.15, 0.2) is 0 Å².